The highest BCUT2D eigenvalue weighted by atomic mass is 16.2. The molecule has 0 saturated carbocycles. The van der Waals surface area contributed by atoms with Crippen LogP contribution in [0.25, 0.3) is 0 Å². The van der Waals surface area contributed by atoms with E-state index >= 15 is 0 Å². The summed E-state index contributed by atoms with van der Waals surface area (Å²) in [5.41, 5.74) is 4.14. The van der Waals surface area contributed by atoms with Crippen molar-refractivity contribution >= 4 is 11.8 Å². The number of carbonyl (C=O) groups is 2. The van der Waals surface area contributed by atoms with Crippen molar-refractivity contribution in [1.82, 2.24) is 10.2 Å². The number of nitrogens with one attached hydrogen (secondary N) is 1. The van der Waals surface area contributed by atoms with E-state index in [0.717, 1.165) is 24.0 Å². The SMILES string of the molecule is CCCCNC(=O)[C@H]1CN(C(=O)c2ccc(C)cc2)C[C@H]1c1ccccc1C. The van der Waals surface area contributed by atoms with Gasteiger partial charge in [-0.1, -0.05) is 55.3 Å². The Balaban J connectivity index is 1.83. The van der Waals surface area contributed by atoms with E-state index in [9.17, 15) is 9.59 Å². The maximum atomic E-state index is 13.0. The molecular weight excluding hydrogens is 348 g/mol. The minimum atomic E-state index is -0.215. The lowest BCUT2D eigenvalue weighted by Crippen LogP contribution is -2.36. The van der Waals surface area contributed by atoms with Crippen LogP contribution in [0.3, 0.4) is 0 Å². The summed E-state index contributed by atoms with van der Waals surface area (Å²) in [5, 5.41) is 3.07. The summed E-state index contributed by atoms with van der Waals surface area (Å²) in [6, 6.07) is 15.8. The fraction of sp³-hybridized carbons (Fsp3) is 0.417. The molecule has 2 aromatic rings. The highest BCUT2D eigenvalue weighted by Crippen LogP contribution is 2.35. The van der Waals surface area contributed by atoms with Gasteiger partial charge in [0.25, 0.3) is 5.91 Å². The fourth-order valence-corrected chi connectivity index (χ4v) is 3.95. The van der Waals surface area contributed by atoms with Crippen molar-refractivity contribution in [3.63, 3.8) is 0 Å². The molecule has 0 radical (unpaired) electrons. The Labute approximate surface area is 167 Å². The molecule has 1 saturated heterocycles. The Hall–Kier alpha value is -2.62. The number of likely N-dealkylation sites (tertiary alicyclic amines) is 1. The van der Waals surface area contributed by atoms with Gasteiger partial charge < -0.3 is 10.2 Å². The van der Waals surface area contributed by atoms with Crippen LogP contribution in [-0.4, -0.2) is 36.3 Å². The van der Waals surface area contributed by atoms with Crippen molar-refractivity contribution in [2.45, 2.75) is 39.5 Å². The Morgan fingerprint density at radius 1 is 1.04 bits per heavy atom. The number of hydrogen-bond acceptors (Lipinski definition) is 2. The molecule has 2 aromatic carbocycles. The van der Waals surface area contributed by atoms with Crippen molar-refractivity contribution in [2.24, 2.45) is 5.92 Å². The van der Waals surface area contributed by atoms with Crippen molar-refractivity contribution in [1.29, 1.82) is 0 Å². The number of benzene rings is 2. The van der Waals surface area contributed by atoms with Gasteiger partial charge in [0, 0.05) is 31.1 Å². The lowest BCUT2D eigenvalue weighted by Gasteiger charge is -2.20. The molecule has 4 heteroatoms. The highest BCUT2D eigenvalue weighted by Gasteiger charge is 2.40. The number of hydrogen-bond donors (Lipinski definition) is 1. The lowest BCUT2D eigenvalue weighted by molar-refractivity contribution is -0.124. The largest absolute Gasteiger partial charge is 0.356 e. The Morgan fingerprint density at radius 3 is 2.43 bits per heavy atom. The van der Waals surface area contributed by atoms with Crippen LogP contribution in [0.5, 0.6) is 0 Å². The number of carbonyl (C=O) groups excluding carboxylic acids is 2. The van der Waals surface area contributed by atoms with Gasteiger partial charge in [-0.2, -0.15) is 0 Å². The van der Waals surface area contributed by atoms with E-state index < -0.39 is 0 Å². The second-order valence-electron chi connectivity index (χ2n) is 7.79. The molecule has 28 heavy (non-hydrogen) atoms. The van der Waals surface area contributed by atoms with Gasteiger partial charge in [0.15, 0.2) is 0 Å². The van der Waals surface area contributed by atoms with Gasteiger partial charge in [0.1, 0.15) is 0 Å². The Bertz CT molecular complexity index is 829. The van der Waals surface area contributed by atoms with Crippen molar-refractivity contribution in [2.75, 3.05) is 19.6 Å². The van der Waals surface area contributed by atoms with E-state index in [4.69, 9.17) is 0 Å². The fourth-order valence-electron chi connectivity index (χ4n) is 3.95. The number of aryl methyl sites for hydroxylation is 2. The minimum Gasteiger partial charge on any atom is -0.356 e. The predicted molar refractivity (Wildman–Crippen MR) is 112 cm³/mol. The quantitative estimate of drug-likeness (QED) is 0.770. The summed E-state index contributed by atoms with van der Waals surface area (Å²) >= 11 is 0. The zero-order valence-electron chi connectivity index (χ0n) is 17.1. The second kappa shape index (κ2) is 9.05. The first-order chi connectivity index (χ1) is 13.5. The van der Waals surface area contributed by atoms with E-state index in [1.165, 1.54) is 5.56 Å². The number of amides is 2. The van der Waals surface area contributed by atoms with E-state index in [2.05, 4.69) is 31.3 Å². The molecule has 2 atom stereocenters. The summed E-state index contributed by atoms with van der Waals surface area (Å²) in [4.78, 5) is 27.8. The van der Waals surface area contributed by atoms with Gasteiger partial charge in [-0.3, -0.25) is 9.59 Å². The maximum absolute atomic E-state index is 13.0. The number of rotatable bonds is 6. The second-order valence-corrected chi connectivity index (χ2v) is 7.79. The predicted octanol–water partition coefficient (Wildman–Crippen LogP) is 4.08. The summed E-state index contributed by atoms with van der Waals surface area (Å²) < 4.78 is 0. The number of nitrogens with zero attached hydrogens (tertiary/aromatic N) is 1. The van der Waals surface area contributed by atoms with Crippen molar-refractivity contribution < 1.29 is 9.59 Å². The molecule has 0 bridgehead atoms. The zero-order chi connectivity index (χ0) is 20.1. The average molecular weight is 379 g/mol. The Morgan fingerprint density at radius 2 is 1.75 bits per heavy atom. The van der Waals surface area contributed by atoms with E-state index in [0.29, 0.717) is 25.2 Å². The van der Waals surface area contributed by atoms with Crippen LogP contribution in [0, 0.1) is 19.8 Å². The minimum absolute atomic E-state index is 0.00226. The summed E-state index contributed by atoms with van der Waals surface area (Å²) in [6.07, 6.45) is 2.02. The molecule has 0 unspecified atom stereocenters. The molecule has 3 rings (SSSR count). The first-order valence-electron chi connectivity index (χ1n) is 10.2. The zero-order valence-corrected chi connectivity index (χ0v) is 17.1. The van der Waals surface area contributed by atoms with Crippen LogP contribution < -0.4 is 5.32 Å². The molecular formula is C24H30N2O2. The molecule has 2 amide bonds. The van der Waals surface area contributed by atoms with Crippen LogP contribution in [-0.2, 0) is 4.79 Å². The van der Waals surface area contributed by atoms with E-state index in [1.54, 1.807) is 0 Å². The van der Waals surface area contributed by atoms with Gasteiger partial charge in [-0.05, 0) is 43.5 Å². The molecule has 0 aliphatic carbocycles. The topological polar surface area (TPSA) is 49.4 Å². The number of unbranched alkanes of at least 4 members (excludes halogenated alkanes) is 1. The normalized spacial score (nSPS) is 18.9. The van der Waals surface area contributed by atoms with Crippen LogP contribution in [0.1, 0.15) is 52.7 Å². The molecule has 4 nitrogen and oxygen atoms in total. The molecule has 1 fully saturated rings. The van der Waals surface area contributed by atoms with Gasteiger partial charge in [0.05, 0.1) is 5.92 Å². The molecule has 0 spiro atoms. The summed E-state index contributed by atoms with van der Waals surface area (Å²) in [6.45, 7) is 7.92. The summed E-state index contributed by atoms with van der Waals surface area (Å²) in [7, 11) is 0. The first kappa shape index (κ1) is 20.1. The average Bonchev–Trinajstić information content (AvgIpc) is 3.14. The third-order valence-electron chi connectivity index (χ3n) is 5.66. The molecule has 1 heterocycles. The van der Waals surface area contributed by atoms with Gasteiger partial charge in [-0.15, -0.1) is 0 Å². The maximum Gasteiger partial charge on any atom is 0.253 e. The molecule has 1 aliphatic rings. The highest BCUT2D eigenvalue weighted by molar-refractivity contribution is 5.95. The molecule has 148 valence electrons. The van der Waals surface area contributed by atoms with Crippen LogP contribution >= 0.6 is 0 Å². The third kappa shape index (κ3) is 4.44. The van der Waals surface area contributed by atoms with Crippen LogP contribution in [0.15, 0.2) is 48.5 Å². The third-order valence-corrected chi connectivity index (χ3v) is 5.66. The van der Waals surface area contributed by atoms with Crippen molar-refractivity contribution in [3.8, 4) is 0 Å². The van der Waals surface area contributed by atoms with Crippen molar-refractivity contribution in [3.05, 3.63) is 70.8 Å². The molecule has 0 aromatic heterocycles. The lowest BCUT2D eigenvalue weighted by atomic mass is 9.86. The Kier molecular flexibility index (Phi) is 6.50. The first-order valence-corrected chi connectivity index (χ1v) is 10.2. The smallest absolute Gasteiger partial charge is 0.253 e. The van der Waals surface area contributed by atoms with Crippen LogP contribution in [0.4, 0.5) is 0 Å². The van der Waals surface area contributed by atoms with E-state index in [1.807, 2.05) is 48.2 Å². The van der Waals surface area contributed by atoms with Gasteiger partial charge in [-0.25, -0.2) is 0 Å². The van der Waals surface area contributed by atoms with Gasteiger partial charge in [0.2, 0.25) is 5.91 Å². The molecule has 1 N–H and O–H groups in total. The molecule has 1 aliphatic heterocycles. The summed E-state index contributed by atoms with van der Waals surface area (Å²) in [5.74, 6) is -0.132. The monoisotopic (exact) mass is 378 g/mol. The van der Waals surface area contributed by atoms with Gasteiger partial charge >= 0.3 is 0 Å². The van der Waals surface area contributed by atoms with Crippen LogP contribution in [0.2, 0.25) is 0 Å². The van der Waals surface area contributed by atoms with E-state index in [-0.39, 0.29) is 23.7 Å². The standard InChI is InChI=1S/C24H30N2O2/c1-4-5-14-25-23(27)22-16-26(24(28)19-12-10-17(2)11-13-19)15-21(22)20-9-7-6-8-18(20)3/h6-13,21-22H,4-5,14-16H2,1-3H3,(H,25,27)/t21-,22-/m0/s1.